The molecule has 11 heavy (non-hydrogen) atoms. The highest BCUT2D eigenvalue weighted by molar-refractivity contribution is 5.34. The van der Waals surface area contributed by atoms with Gasteiger partial charge in [-0.2, -0.15) is 5.26 Å². The number of nitriles is 1. The zero-order valence-electron chi connectivity index (χ0n) is 5.95. The SMILES string of the molecule is N#Cc1cccc([C@@H]2CO2)c1. The molecule has 1 aliphatic heterocycles. The van der Waals surface area contributed by atoms with Crippen LogP contribution in [-0.2, 0) is 4.74 Å². The van der Waals surface area contributed by atoms with Gasteiger partial charge in [-0.3, -0.25) is 0 Å². The van der Waals surface area contributed by atoms with Crippen LogP contribution < -0.4 is 0 Å². The Bertz CT molecular complexity index is 310. The van der Waals surface area contributed by atoms with E-state index in [1.54, 1.807) is 6.07 Å². The Morgan fingerprint density at radius 1 is 1.55 bits per heavy atom. The number of rotatable bonds is 1. The molecule has 0 aliphatic carbocycles. The van der Waals surface area contributed by atoms with Gasteiger partial charge in [-0.05, 0) is 17.7 Å². The van der Waals surface area contributed by atoms with Gasteiger partial charge in [-0.1, -0.05) is 12.1 Å². The number of hydrogen-bond donors (Lipinski definition) is 0. The van der Waals surface area contributed by atoms with Crippen molar-refractivity contribution in [2.24, 2.45) is 0 Å². The molecule has 1 fully saturated rings. The minimum atomic E-state index is 0.253. The lowest BCUT2D eigenvalue weighted by Gasteiger charge is -1.93. The van der Waals surface area contributed by atoms with Crippen molar-refractivity contribution in [3.8, 4) is 6.07 Å². The lowest BCUT2D eigenvalue weighted by Crippen LogP contribution is -1.81. The maximum absolute atomic E-state index is 8.57. The third kappa shape index (κ3) is 1.24. The van der Waals surface area contributed by atoms with Crippen LogP contribution in [-0.4, -0.2) is 6.61 Å². The predicted octanol–water partition coefficient (Wildman–Crippen LogP) is 1.63. The maximum atomic E-state index is 8.57. The summed E-state index contributed by atoms with van der Waals surface area (Å²) in [6.07, 6.45) is 0.253. The number of ether oxygens (including phenoxy) is 1. The Morgan fingerprint density at radius 3 is 3.00 bits per heavy atom. The van der Waals surface area contributed by atoms with Crippen LogP contribution in [0.4, 0.5) is 0 Å². The number of nitrogens with zero attached hydrogens (tertiary/aromatic N) is 1. The molecule has 0 saturated carbocycles. The minimum Gasteiger partial charge on any atom is -0.368 e. The van der Waals surface area contributed by atoms with E-state index >= 15 is 0 Å². The molecular formula is C9H7NO. The third-order valence-electron chi connectivity index (χ3n) is 1.72. The van der Waals surface area contributed by atoms with Crippen molar-refractivity contribution in [3.05, 3.63) is 35.4 Å². The van der Waals surface area contributed by atoms with E-state index in [9.17, 15) is 0 Å². The summed E-state index contributed by atoms with van der Waals surface area (Å²) in [5, 5.41) is 8.57. The Kier molecular flexibility index (Phi) is 1.38. The average Bonchev–Trinajstić information content (AvgIpc) is 2.87. The lowest BCUT2D eigenvalue weighted by atomic mass is 10.1. The van der Waals surface area contributed by atoms with Crippen LogP contribution in [0.2, 0.25) is 0 Å². The van der Waals surface area contributed by atoms with Gasteiger partial charge in [0, 0.05) is 0 Å². The molecule has 0 amide bonds. The lowest BCUT2D eigenvalue weighted by molar-refractivity contribution is 0.415. The van der Waals surface area contributed by atoms with Crippen LogP contribution in [0.5, 0.6) is 0 Å². The molecule has 0 N–H and O–H groups in total. The summed E-state index contributed by atoms with van der Waals surface area (Å²) in [5.74, 6) is 0. The van der Waals surface area contributed by atoms with E-state index in [0.717, 1.165) is 12.2 Å². The molecular weight excluding hydrogens is 138 g/mol. The van der Waals surface area contributed by atoms with Gasteiger partial charge in [-0.25, -0.2) is 0 Å². The zero-order valence-corrected chi connectivity index (χ0v) is 5.95. The third-order valence-corrected chi connectivity index (χ3v) is 1.72. The predicted molar refractivity (Wildman–Crippen MR) is 39.9 cm³/mol. The van der Waals surface area contributed by atoms with Crippen molar-refractivity contribution in [2.45, 2.75) is 6.10 Å². The largest absolute Gasteiger partial charge is 0.368 e. The van der Waals surface area contributed by atoms with E-state index in [4.69, 9.17) is 10.00 Å². The normalized spacial score (nSPS) is 20.8. The van der Waals surface area contributed by atoms with Gasteiger partial charge in [0.15, 0.2) is 0 Å². The summed E-state index contributed by atoms with van der Waals surface area (Å²) in [7, 11) is 0. The molecule has 2 heteroatoms. The topological polar surface area (TPSA) is 36.3 Å². The molecule has 0 unspecified atom stereocenters. The molecule has 1 atom stereocenters. The fourth-order valence-corrected chi connectivity index (χ4v) is 1.05. The molecule has 54 valence electrons. The van der Waals surface area contributed by atoms with Crippen LogP contribution in [0.1, 0.15) is 17.2 Å². The maximum Gasteiger partial charge on any atom is 0.106 e. The molecule has 0 bridgehead atoms. The highest BCUT2D eigenvalue weighted by atomic mass is 16.6. The molecule has 2 nitrogen and oxygen atoms in total. The van der Waals surface area contributed by atoms with Gasteiger partial charge in [0.2, 0.25) is 0 Å². The summed E-state index contributed by atoms with van der Waals surface area (Å²) in [6, 6.07) is 9.63. The summed E-state index contributed by atoms with van der Waals surface area (Å²) in [5.41, 5.74) is 1.82. The Balaban J connectivity index is 2.35. The van der Waals surface area contributed by atoms with Crippen molar-refractivity contribution >= 4 is 0 Å². The highest BCUT2D eigenvalue weighted by Gasteiger charge is 2.24. The second kappa shape index (κ2) is 2.37. The molecule has 1 heterocycles. The number of epoxide rings is 1. The van der Waals surface area contributed by atoms with Crippen LogP contribution in [0.25, 0.3) is 0 Å². The molecule has 1 saturated heterocycles. The van der Waals surface area contributed by atoms with E-state index in [2.05, 4.69) is 6.07 Å². The zero-order chi connectivity index (χ0) is 7.68. The Morgan fingerprint density at radius 2 is 2.36 bits per heavy atom. The molecule has 1 aromatic rings. The first-order valence-electron chi connectivity index (χ1n) is 3.52. The Labute approximate surface area is 65.0 Å². The van der Waals surface area contributed by atoms with Crippen LogP contribution in [0, 0.1) is 11.3 Å². The summed E-state index contributed by atoms with van der Waals surface area (Å²) in [6.45, 7) is 0.800. The van der Waals surface area contributed by atoms with Crippen molar-refractivity contribution in [2.75, 3.05) is 6.61 Å². The van der Waals surface area contributed by atoms with Crippen molar-refractivity contribution in [3.63, 3.8) is 0 Å². The fourth-order valence-electron chi connectivity index (χ4n) is 1.05. The smallest absolute Gasteiger partial charge is 0.106 e. The van der Waals surface area contributed by atoms with Crippen molar-refractivity contribution < 1.29 is 4.74 Å². The van der Waals surface area contributed by atoms with Crippen LogP contribution in [0.3, 0.4) is 0 Å². The van der Waals surface area contributed by atoms with Gasteiger partial charge >= 0.3 is 0 Å². The quantitative estimate of drug-likeness (QED) is 0.563. The van der Waals surface area contributed by atoms with Gasteiger partial charge in [-0.15, -0.1) is 0 Å². The van der Waals surface area contributed by atoms with Crippen LogP contribution >= 0.6 is 0 Å². The molecule has 0 radical (unpaired) electrons. The summed E-state index contributed by atoms with van der Waals surface area (Å²) >= 11 is 0. The monoisotopic (exact) mass is 145 g/mol. The van der Waals surface area contributed by atoms with Crippen molar-refractivity contribution in [1.29, 1.82) is 5.26 Å². The molecule has 2 rings (SSSR count). The van der Waals surface area contributed by atoms with Gasteiger partial charge in [0.1, 0.15) is 6.10 Å². The van der Waals surface area contributed by atoms with Crippen LogP contribution in [0.15, 0.2) is 24.3 Å². The summed E-state index contributed by atoms with van der Waals surface area (Å²) < 4.78 is 5.08. The van der Waals surface area contributed by atoms with E-state index < -0.39 is 0 Å². The molecule has 0 aromatic heterocycles. The van der Waals surface area contributed by atoms with Gasteiger partial charge < -0.3 is 4.74 Å². The van der Waals surface area contributed by atoms with E-state index in [0.29, 0.717) is 5.56 Å². The average molecular weight is 145 g/mol. The first-order chi connectivity index (χ1) is 5.40. The molecule has 1 aromatic carbocycles. The first-order valence-corrected chi connectivity index (χ1v) is 3.52. The first kappa shape index (κ1) is 6.38. The molecule has 0 spiro atoms. The second-order valence-corrected chi connectivity index (χ2v) is 2.56. The number of hydrogen-bond acceptors (Lipinski definition) is 2. The van der Waals surface area contributed by atoms with E-state index in [1.165, 1.54) is 0 Å². The van der Waals surface area contributed by atoms with E-state index in [1.807, 2.05) is 18.2 Å². The highest BCUT2D eigenvalue weighted by Crippen LogP contribution is 2.29. The van der Waals surface area contributed by atoms with E-state index in [-0.39, 0.29) is 6.10 Å². The van der Waals surface area contributed by atoms with Gasteiger partial charge in [0.25, 0.3) is 0 Å². The Hall–Kier alpha value is -1.33. The minimum absolute atomic E-state index is 0.253. The number of benzene rings is 1. The fraction of sp³-hybridized carbons (Fsp3) is 0.222. The second-order valence-electron chi connectivity index (χ2n) is 2.56. The van der Waals surface area contributed by atoms with Gasteiger partial charge in [0.05, 0.1) is 18.2 Å². The van der Waals surface area contributed by atoms with Crippen molar-refractivity contribution in [1.82, 2.24) is 0 Å². The summed E-state index contributed by atoms with van der Waals surface area (Å²) in [4.78, 5) is 0. The molecule has 1 aliphatic rings. The standard InChI is InChI=1S/C9H7NO/c10-5-7-2-1-3-8(4-7)9-6-11-9/h1-4,9H,6H2/t9-/m0/s1.